The van der Waals surface area contributed by atoms with Gasteiger partial charge in [-0.15, -0.1) is 0 Å². The molecule has 2 aromatic rings. The molecular weight excluding hydrogens is 276 g/mol. The van der Waals surface area contributed by atoms with Crippen molar-refractivity contribution >= 4 is 10.0 Å². The van der Waals surface area contributed by atoms with Crippen molar-refractivity contribution in [2.24, 2.45) is 0 Å². The van der Waals surface area contributed by atoms with Crippen LogP contribution >= 0.6 is 0 Å². The third kappa shape index (κ3) is 2.46. The molecule has 106 valence electrons. The predicted molar refractivity (Wildman–Crippen MR) is 75.3 cm³/mol. The summed E-state index contributed by atoms with van der Waals surface area (Å²) in [5.74, 6) is 1.22. The summed E-state index contributed by atoms with van der Waals surface area (Å²) >= 11 is 0. The molecule has 0 aliphatic carbocycles. The number of hydrogen-bond acceptors (Lipinski definition) is 4. The zero-order valence-electron chi connectivity index (χ0n) is 11.2. The average molecular weight is 292 g/mol. The molecule has 1 saturated heterocycles. The third-order valence-electron chi connectivity index (χ3n) is 3.48. The number of nitrogens with zero attached hydrogens (tertiary/aromatic N) is 3. The van der Waals surface area contributed by atoms with Crippen LogP contribution in [0.1, 0.15) is 24.7 Å². The minimum atomic E-state index is -3.21. The Hall–Kier alpha value is -1.73. The second-order valence-electron chi connectivity index (χ2n) is 4.94. The molecule has 0 bridgehead atoms. The quantitative estimate of drug-likeness (QED) is 0.931. The van der Waals surface area contributed by atoms with Gasteiger partial charge in [0, 0.05) is 12.1 Å². The maximum absolute atomic E-state index is 11.8. The highest BCUT2D eigenvalue weighted by molar-refractivity contribution is 7.88. The molecule has 1 aliphatic rings. The molecule has 3 rings (SSSR count). The number of aromatic nitrogens is 3. The van der Waals surface area contributed by atoms with Crippen LogP contribution in [0.3, 0.4) is 0 Å². The van der Waals surface area contributed by atoms with Crippen molar-refractivity contribution in [2.45, 2.75) is 18.9 Å². The van der Waals surface area contributed by atoms with E-state index < -0.39 is 10.0 Å². The van der Waals surface area contributed by atoms with Crippen LogP contribution < -0.4 is 0 Å². The minimum absolute atomic E-state index is 0.227. The van der Waals surface area contributed by atoms with Gasteiger partial charge in [0.1, 0.15) is 5.82 Å². The highest BCUT2D eigenvalue weighted by atomic mass is 32.2. The summed E-state index contributed by atoms with van der Waals surface area (Å²) in [5, 5.41) is 7.07. The van der Waals surface area contributed by atoms with Gasteiger partial charge in [0.05, 0.1) is 12.3 Å². The van der Waals surface area contributed by atoms with E-state index in [1.54, 1.807) is 0 Å². The lowest BCUT2D eigenvalue weighted by atomic mass is 10.2. The summed E-state index contributed by atoms with van der Waals surface area (Å²) < 4.78 is 25.0. The van der Waals surface area contributed by atoms with E-state index >= 15 is 0 Å². The Morgan fingerprint density at radius 3 is 2.75 bits per heavy atom. The van der Waals surface area contributed by atoms with Gasteiger partial charge < -0.3 is 0 Å². The lowest BCUT2D eigenvalue weighted by Gasteiger charge is -2.19. The first-order chi connectivity index (χ1) is 9.55. The monoisotopic (exact) mass is 292 g/mol. The first-order valence-corrected chi connectivity index (χ1v) is 8.35. The molecule has 1 fully saturated rings. The Labute approximate surface area is 117 Å². The summed E-state index contributed by atoms with van der Waals surface area (Å²) in [6.07, 6.45) is 2.86. The van der Waals surface area contributed by atoms with Crippen LogP contribution in [0.15, 0.2) is 30.3 Å². The number of nitrogens with one attached hydrogen (secondary N) is 1. The molecule has 1 unspecified atom stereocenters. The van der Waals surface area contributed by atoms with E-state index in [-0.39, 0.29) is 6.04 Å². The van der Waals surface area contributed by atoms with Crippen molar-refractivity contribution in [3.63, 3.8) is 0 Å². The molecule has 0 amide bonds. The predicted octanol–water partition coefficient (Wildman–Crippen LogP) is 1.57. The Kier molecular flexibility index (Phi) is 3.31. The van der Waals surface area contributed by atoms with E-state index in [4.69, 9.17) is 0 Å². The zero-order valence-corrected chi connectivity index (χ0v) is 12.0. The molecule has 7 heteroatoms. The van der Waals surface area contributed by atoms with Gasteiger partial charge in [-0.05, 0) is 12.8 Å². The van der Waals surface area contributed by atoms with E-state index in [1.807, 2.05) is 30.3 Å². The molecule has 1 atom stereocenters. The maximum atomic E-state index is 11.8. The highest BCUT2D eigenvalue weighted by Crippen LogP contribution is 2.32. The van der Waals surface area contributed by atoms with Gasteiger partial charge in [-0.3, -0.25) is 5.10 Å². The molecule has 1 aromatic heterocycles. The lowest BCUT2D eigenvalue weighted by Crippen LogP contribution is -2.30. The molecule has 1 N–H and O–H groups in total. The molecule has 2 heterocycles. The number of aromatic amines is 1. The van der Waals surface area contributed by atoms with Crippen LogP contribution in [-0.4, -0.2) is 40.7 Å². The molecular formula is C13H16N4O2S. The fourth-order valence-corrected chi connectivity index (χ4v) is 3.68. The number of rotatable bonds is 3. The maximum Gasteiger partial charge on any atom is 0.211 e. The summed E-state index contributed by atoms with van der Waals surface area (Å²) in [6.45, 7) is 0.546. The molecule has 6 nitrogen and oxygen atoms in total. The standard InChI is InChI=1S/C13H16N4O2S/c1-20(18,19)17-9-5-8-11(17)13-14-12(15-16-13)10-6-3-2-4-7-10/h2-4,6-7,11H,5,8-9H2,1H3,(H,14,15,16). The van der Waals surface area contributed by atoms with Crippen LogP contribution in [0.5, 0.6) is 0 Å². The number of H-pyrrole nitrogens is 1. The number of benzene rings is 1. The first kappa shape index (κ1) is 13.3. The van der Waals surface area contributed by atoms with Gasteiger partial charge in [0.15, 0.2) is 5.82 Å². The summed E-state index contributed by atoms with van der Waals surface area (Å²) in [5.41, 5.74) is 0.916. The average Bonchev–Trinajstić information content (AvgIpc) is 3.08. The SMILES string of the molecule is CS(=O)(=O)N1CCCC1c1nc(-c2ccccc2)n[nH]1. The summed E-state index contributed by atoms with van der Waals surface area (Å²) in [7, 11) is -3.21. The van der Waals surface area contributed by atoms with Gasteiger partial charge >= 0.3 is 0 Å². The number of hydrogen-bond donors (Lipinski definition) is 1. The van der Waals surface area contributed by atoms with E-state index in [0.29, 0.717) is 18.2 Å². The van der Waals surface area contributed by atoms with Crippen LogP contribution in [0, 0.1) is 0 Å². The Morgan fingerprint density at radius 1 is 1.30 bits per heavy atom. The molecule has 0 spiro atoms. The van der Waals surface area contributed by atoms with E-state index in [9.17, 15) is 8.42 Å². The van der Waals surface area contributed by atoms with Crippen molar-refractivity contribution in [3.8, 4) is 11.4 Å². The van der Waals surface area contributed by atoms with Crippen molar-refractivity contribution < 1.29 is 8.42 Å². The zero-order chi connectivity index (χ0) is 14.2. The van der Waals surface area contributed by atoms with Gasteiger partial charge in [-0.1, -0.05) is 30.3 Å². The Balaban J connectivity index is 1.91. The molecule has 0 saturated carbocycles. The Morgan fingerprint density at radius 2 is 2.05 bits per heavy atom. The lowest BCUT2D eigenvalue weighted by molar-refractivity contribution is 0.387. The van der Waals surface area contributed by atoms with Crippen LogP contribution in [0.2, 0.25) is 0 Å². The van der Waals surface area contributed by atoms with Crippen molar-refractivity contribution in [2.75, 3.05) is 12.8 Å². The van der Waals surface area contributed by atoms with Gasteiger partial charge in [-0.25, -0.2) is 13.4 Å². The first-order valence-electron chi connectivity index (χ1n) is 6.50. The van der Waals surface area contributed by atoms with Crippen molar-refractivity contribution in [1.82, 2.24) is 19.5 Å². The summed E-state index contributed by atoms with van der Waals surface area (Å²) in [4.78, 5) is 4.45. The van der Waals surface area contributed by atoms with Gasteiger partial charge in [-0.2, -0.15) is 9.40 Å². The fourth-order valence-electron chi connectivity index (χ4n) is 2.55. The van der Waals surface area contributed by atoms with E-state index in [2.05, 4.69) is 15.2 Å². The largest absolute Gasteiger partial charge is 0.261 e. The third-order valence-corrected chi connectivity index (χ3v) is 4.77. The highest BCUT2D eigenvalue weighted by Gasteiger charge is 2.34. The Bertz CT molecular complexity index is 696. The molecule has 20 heavy (non-hydrogen) atoms. The molecule has 1 aliphatic heterocycles. The van der Waals surface area contributed by atoms with Crippen LogP contribution in [-0.2, 0) is 10.0 Å². The summed E-state index contributed by atoms with van der Waals surface area (Å²) in [6, 6.07) is 9.40. The van der Waals surface area contributed by atoms with E-state index in [1.165, 1.54) is 10.6 Å². The topological polar surface area (TPSA) is 79.0 Å². The minimum Gasteiger partial charge on any atom is -0.261 e. The smallest absolute Gasteiger partial charge is 0.211 e. The number of sulfonamides is 1. The fraction of sp³-hybridized carbons (Fsp3) is 0.385. The van der Waals surface area contributed by atoms with Crippen LogP contribution in [0.4, 0.5) is 0 Å². The van der Waals surface area contributed by atoms with E-state index in [0.717, 1.165) is 18.4 Å². The van der Waals surface area contributed by atoms with Gasteiger partial charge in [0.2, 0.25) is 10.0 Å². The second-order valence-corrected chi connectivity index (χ2v) is 6.88. The molecule has 0 radical (unpaired) electrons. The van der Waals surface area contributed by atoms with Crippen molar-refractivity contribution in [1.29, 1.82) is 0 Å². The molecule has 1 aromatic carbocycles. The van der Waals surface area contributed by atoms with Crippen molar-refractivity contribution in [3.05, 3.63) is 36.2 Å². The van der Waals surface area contributed by atoms with Crippen LogP contribution in [0.25, 0.3) is 11.4 Å². The normalized spacial score (nSPS) is 20.4. The van der Waals surface area contributed by atoms with Gasteiger partial charge in [0.25, 0.3) is 0 Å². The second kappa shape index (κ2) is 4.99.